The molecule has 27 heavy (non-hydrogen) atoms. The number of hydrogen-bond donors (Lipinski definition) is 3. The van der Waals surface area contributed by atoms with Crippen molar-refractivity contribution in [1.29, 1.82) is 0 Å². The summed E-state index contributed by atoms with van der Waals surface area (Å²) in [6, 6.07) is 10.2. The molecule has 1 aromatic carbocycles. The highest BCUT2D eigenvalue weighted by molar-refractivity contribution is 6.05. The lowest BCUT2D eigenvalue weighted by Gasteiger charge is -2.14. The number of nitrogens with one attached hydrogen (secondary N) is 2. The lowest BCUT2D eigenvalue weighted by Crippen LogP contribution is -2.46. The minimum atomic E-state index is -0.874. The molecule has 0 saturated carbocycles. The zero-order valence-electron chi connectivity index (χ0n) is 14.2. The molecule has 8 nitrogen and oxygen atoms in total. The van der Waals surface area contributed by atoms with Gasteiger partial charge in [-0.3, -0.25) is 14.6 Å². The molecule has 0 aliphatic heterocycles. The number of H-pyrrole nitrogens is 1. The highest BCUT2D eigenvalue weighted by atomic mass is 16.2. The van der Waals surface area contributed by atoms with Gasteiger partial charge in [0.25, 0.3) is 5.91 Å². The third kappa shape index (κ3) is 3.32. The van der Waals surface area contributed by atoms with Crippen LogP contribution in [0, 0.1) is 0 Å². The van der Waals surface area contributed by atoms with Gasteiger partial charge in [0.1, 0.15) is 11.7 Å². The molecule has 0 unspecified atom stereocenters. The van der Waals surface area contributed by atoms with E-state index in [1.807, 2.05) is 24.3 Å². The molecule has 4 aromatic rings. The Morgan fingerprint density at radius 1 is 1.11 bits per heavy atom. The van der Waals surface area contributed by atoms with Crippen molar-refractivity contribution in [2.75, 3.05) is 0 Å². The number of imidazole rings is 1. The summed E-state index contributed by atoms with van der Waals surface area (Å²) in [5.41, 5.74) is 7.66. The fraction of sp³-hybridized carbons (Fsp3) is 0.105. The largest absolute Gasteiger partial charge is 0.368 e. The number of aromatic nitrogens is 4. The Balaban J connectivity index is 1.65. The Kier molecular flexibility index (Phi) is 4.21. The number of rotatable bonds is 5. The van der Waals surface area contributed by atoms with E-state index >= 15 is 0 Å². The summed E-state index contributed by atoms with van der Waals surface area (Å²) >= 11 is 0. The standard InChI is InChI=1S/C19H16N6O2/c20-18(26)15(8-13-9-21-10-23-13)25-19(27)14-6-5-12-4-3-11-2-1-7-22-16(11)17(12)24-14/h1-7,9-10,15H,8H2,(H2,20,26)(H,21,23)(H,25,27)/t15-/m0/s1. The Morgan fingerprint density at radius 2 is 1.89 bits per heavy atom. The number of aromatic amines is 1. The van der Waals surface area contributed by atoms with Crippen LogP contribution in [-0.4, -0.2) is 37.8 Å². The minimum absolute atomic E-state index is 0.191. The number of pyridine rings is 2. The lowest BCUT2D eigenvalue weighted by atomic mass is 10.1. The average molecular weight is 360 g/mol. The summed E-state index contributed by atoms with van der Waals surface area (Å²) in [7, 11) is 0. The van der Waals surface area contributed by atoms with Crippen LogP contribution in [0.4, 0.5) is 0 Å². The van der Waals surface area contributed by atoms with Gasteiger partial charge in [0, 0.05) is 35.3 Å². The molecule has 4 rings (SSSR count). The number of hydrogen-bond acceptors (Lipinski definition) is 5. The monoisotopic (exact) mass is 360 g/mol. The van der Waals surface area contributed by atoms with E-state index in [4.69, 9.17) is 5.73 Å². The summed E-state index contributed by atoms with van der Waals surface area (Å²) in [5.74, 6) is -1.11. The molecule has 4 N–H and O–H groups in total. The number of carbonyl (C=O) groups is 2. The molecule has 0 aliphatic rings. The van der Waals surface area contributed by atoms with Gasteiger partial charge in [0.15, 0.2) is 0 Å². The maximum atomic E-state index is 12.6. The number of primary amides is 1. The summed E-state index contributed by atoms with van der Waals surface area (Å²) < 4.78 is 0. The fourth-order valence-corrected chi connectivity index (χ4v) is 2.92. The highest BCUT2D eigenvalue weighted by Gasteiger charge is 2.21. The lowest BCUT2D eigenvalue weighted by molar-refractivity contribution is -0.119. The first-order valence-electron chi connectivity index (χ1n) is 8.34. The quantitative estimate of drug-likeness (QED) is 0.463. The summed E-state index contributed by atoms with van der Waals surface area (Å²) in [5, 5.41) is 4.45. The summed E-state index contributed by atoms with van der Waals surface area (Å²) in [6.07, 6.45) is 4.98. The Bertz CT molecular complexity index is 1140. The van der Waals surface area contributed by atoms with E-state index < -0.39 is 17.9 Å². The number of nitrogens with two attached hydrogens (primary N) is 1. The average Bonchev–Trinajstić information content (AvgIpc) is 3.20. The normalized spacial score (nSPS) is 12.1. The van der Waals surface area contributed by atoms with E-state index in [1.165, 1.54) is 6.33 Å². The van der Waals surface area contributed by atoms with Gasteiger partial charge >= 0.3 is 0 Å². The van der Waals surface area contributed by atoms with Gasteiger partial charge in [-0.1, -0.05) is 24.3 Å². The van der Waals surface area contributed by atoms with E-state index in [0.29, 0.717) is 16.7 Å². The van der Waals surface area contributed by atoms with Crippen LogP contribution in [0.15, 0.2) is 55.1 Å². The molecule has 0 bridgehead atoms. The highest BCUT2D eigenvalue weighted by Crippen LogP contribution is 2.22. The van der Waals surface area contributed by atoms with Crippen molar-refractivity contribution in [2.45, 2.75) is 12.5 Å². The predicted octanol–water partition coefficient (Wildman–Crippen LogP) is 1.33. The molecule has 8 heteroatoms. The van der Waals surface area contributed by atoms with Crippen molar-refractivity contribution in [2.24, 2.45) is 5.73 Å². The molecule has 0 aliphatic carbocycles. The van der Waals surface area contributed by atoms with Gasteiger partial charge in [-0.2, -0.15) is 0 Å². The Labute approximate surface area is 153 Å². The van der Waals surface area contributed by atoms with E-state index in [9.17, 15) is 9.59 Å². The molecule has 3 aromatic heterocycles. The molecular formula is C19H16N6O2. The van der Waals surface area contributed by atoms with Gasteiger partial charge in [0.2, 0.25) is 5.91 Å². The topological polar surface area (TPSA) is 127 Å². The smallest absolute Gasteiger partial charge is 0.270 e. The molecule has 0 spiro atoms. The molecular weight excluding hydrogens is 344 g/mol. The van der Waals surface area contributed by atoms with Crippen LogP contribution < -0.4 is 11.1 Å². The number of benzene rings is 1. The second-order valence-corrected chi connectivity index (χ2v) is 6.12. The maximum absolute atomic E-state index is 12.6. The first-order valence-corrected chi connectivity index (χ1v) is 8.34. The third-order valence-electron chi connectivity index (χ3n) is 4.29. The SMILES string of the molecule is NC(=O)[C@H](Cc1cnc[nH]1)NC(=O)c1ccc2ccc3cccnc3c2n1. The Hall–Kier alpha value is -3.81. The Morgan fingerprint density at radius 3 is 2.63 bits per heavy atom. The molecule has 1 atom stereocenters. The van der Waals surface area contributed by atoms with Gasteiger partial charge < -0.3 is 16.0 Å². The zero-order chi connectivity index (χ0) is 18.8. The summed E-state index contributed by atoms with van der Waals surface area (Å²) in [6.45, 7) is 0. The van der Waals surface area contributed by atoms with Gasteiger partial charge in [0.05, 0.1) is 17.4 Å². The number of amides is 2. The second-order valence-electron chi connectivity index (χ2n) is 6.12. The second kappa shape index (κ2) is 6.83. The predicted molar refractivity (Wildman–Crippen MR) is 99.8 cm³/mol. The van der Waals surface area contributed by atoms with Crippen molar-refractivity contribution >= 4 is 33.6 Å². The molecule has 134 valence electrons. The van der Waals surface area contributed by atoms with E-state index in [2.05, 4.69) is 25.3 Å². The molecule has 2 amide bonds. The van der Waals surface area contributed by atoms with Crippen molar-refractivity contribution in [3.63, 3.8) is 0 Å². The molecule has 0 fully saturated rings. The van der Waals surface area contributed by atoms with Gasteiger partial charge in [-0.25, -0.2) is 9.97 Å². The first kappa shape index (κ1) is 16.6. The maximum Gasteiger partial charge on any atom is 0.270 e. The molecule has 3 heterocycles. The number of carbonyl (C=O) groups excluding carboxylic acids is 2. The van der Waals surface area contributed by atoms with Crippen LogP contribution in [0.25, 0.3) is 21.8 Å². The number of fused-ring (bicyclic) bond motifs is 3. The number of nitrogens with zero attached hydrogens (tertiary/aromatic N) is 3. The van der Waals surface area contributed by atoms with E-state index in [-0.39, 0.29) is 12.1 Å². The van der Waals surface area contributed by atoms with Crippen molar-refractivity contribution in [3.05, 3.63) is 66.5 Å². The summed E-state index contributed by atoms with van der Waals surface area (Å²) in [4.78, 5) is 40.0. The van der Waals surface area contributed by atoms with Crippen molar-refractivity contribution in [1.82, 2.24) is 25.3 Å². The van der Waals surface area contributed by atoms with Crippen LogP contribution in [0.2, 0.25) is 0 Å². The minimum Gasteiger partial charge on any atom is -0.368 e. The zero-order valence-corrected chi connectivity index (χ0v) is 14.2. The van der Waals surface area contributed by atoms with Crippen LogP contribution in [-0.2, 0) is 11.2 Å². The molecule has 0 radical (unpaired) electrons. The molecule has 0 saturated heterocycles. The van der Waals surface area contributed by atoms with Gasteiger partial charge in [-0.15, -0.1) is 0 Å². The van der Waals surface area contributed by atoms with E-state index in [0.717, 1.165) is 10.8 Å². The van der Waals surface area contributed by atoms with Crippen LogP contribution in [0.3, 0.4) is 0 Å². The third-order valence-corrected chi connectivity index (χ3v) is 4.29. The first-order chi connectivity index (χ1) is 13.1. The van der Waals surface area contributed by atoms with Crippen LogP contribution in [0.5, 0.6) is 0 Å². The van der Waals surface area contributed by atoms with E-state index in [1.54, 1.807) is 24.5 Å². The van der Waals surface area contributed by atoms with Crippen molar-refractivity contribution < 1.29 is 9.59 Å². The van der Waals surface area contributed by atoms with Crippen LogP contribution >= 0.6 is 0 Å². The van der Waals surface area contributed by atoms with Gasteiger partial charge in [-0.05, 0) is 12.1 Å². The van der Waals surface area contributed by atoms with Crippen molar-refractivity contribution in [3.8, 4) is 0 Å². The van der Waals surface area contributed by atoms with Crippen LogP contribution in [0.1, 0.15) is 16.2 Å². The fourth-order valence-electron chi connectivity index (χ4n) is 2.92.